The zero-order chi connectivity index (χ0) is 17.0. The Balaban J connectivity index is 2.25. The summed E-state index contributed by atoms with van der Waals surface area (Å²) in [4.78, 5) is 10.7. The van der Waals surface area contributed by atoms with Crippen LogP contribution < -0.4 is 9.47 Å². The number of alkyl halides is 2. The first-order chi connectivity index (χ1) is 10.9. The molecule has 0 radical (unpaired) electrons. The molecule has 0 atom stereocenters. The van der Waals surface area contributed by atoms with E-state index in [9.17, 15) is 26.7 Å². The molecule has 2 aromatic carbocycles. The predicted molar refractivity (Wildman–Crippen MR) is 69.1 cm³/mol. The van der Waals surface area contributed by atoms with Gasteiger partial charge in [0.1, 0.15) is 18.7 Å². The van der Waals surface area contributed by atoms with Gasteiger partial charge in [0.2, 0.25) is 0 Å². The summed E-state index contributed by atoms with van der Waals surface area (Å²) in [5.74, 6) is -4.36. The molecule has 2 rings (SSSR count). The van der Waals surface area contributed by atoms with Gasteiger partial charge in [-0.1, -0.05) is 0 Å². The first-order valence-electron chi connectivity index (χ1n) is 6.21. The van der Waals surface area contributed by atoms with Gasteiger partial charge in [0.25, 0.3) is 0 Å². The van der Waals surface area contributed by atoms with Crippen LogP contribution in [0.4, 0.5) is 22.0 Å². The molecule has 0 heterocycles. The van der Waals surface area contributed by atoms with Gasteiger partial charge < -0.3 is 9.47 Å². The van der Waals surface area contributed by atoms with Crippen molar-refractivity contribution in [3.05, 3.63) is 58.9 Å². The fraction of sp³-hybridized carbons (Fsp3) is 0.133. The number of ether oxygens (including phenoxy) is 2. The fourth-order valence-electron chi connectivity index (χ4n) is 1.73. The summed E-state index contributed by atoms with van der Waals surface area (Å²) in [7, 11) is 0. The molecule has 0 unspecified atom stereocenters. The van der Waals surface area contributed by atoms with Gasteiger partial charge in [0, 0.05) is 17.2 Å². The Morgan fingerprint density at radius 3 is 2.30 bits per heavy atom. The van der Waals surface area contributed by atoms with E-state index in [2.05, 4.69) is 4.74 Å². The highest BCUT2D eigenvalue weighted by molar-refractivity contribution is 5.76. The molecule has 0 N–H and O–H groups in total. The summed E-state index contributed by atoms with van der Waals surface area (Å²) in [6, 6.07) is 4.32. The van der Waals surface area contributed by atoms with Crippen molar-refractivity contribution in [3.63, 3.8) is 0 Å². The summed E-state index contributed by atoms with van der Waals surface area (Å²) >= 11 is 0. The molecule has 0 aliphatic heterocycles. The van der Waals surface area contributed by atoms with Crippen molar-refractivity contribution in [2.24, 2.45) is 0 Å². The van der Waals surface area contributed by atoms with Crippen LogP contribution in [0.3, 0.4) is 0 Å². The maximum absolute atomic E-state index is 13.5. The smallest absolute Gasteiger partial charge is 0.387 e. The number of rotatable bonds is 6. The lowest BCUT2D eigenvalue weighted by molar-refractivity contribution is -0.0516. The molecule has 2 aromatic rings. The molecule has 0 spiro atoms. The summed E-state index contributed by atoms with van der Waals surface area (Å²) in [6.07, 6.45) is 0.442. The average Bonchev–Trinajstić information content (AvgIpc) is 2.50. The first kappa shape index (κ1) is 16.7. The van der Waals surface area contributed by atoms with E-state index in [0.717, 1.165) is 12.1 Å². The highest BCUT2D eigenvalue weighted by Crippen LogP contribution is 2.30. The quantitative estimate of drug-likeness (QED) is 0.454. The number of carbonyl (C=O) groups excluding carboxylic acids is 1. The van der Waals surface area contributed by atoms with E-state index < -0.39 is 30.7 Å². The van der Waals surface area contributed by atoms with Gasteiger partial charge in [0.15, 0.2) is 23.1 Å². The second kappa shape index (κ2) is 7.08. The number of aldehydes is 1. The second-order valence-corrected chi connectivity index (χ2v) is 4.35. The zero-order valence-electron chi connectivity index (χ0n) is 11.4. The van der Waals surface area contributed by atoms with E-state index in [1.807, 2.05) is 0 Å². The van der Waals surface area contributed by atoms with E-state index >= 15 is 0 Å². The van der Waals surface area contributed by atoms with Crippen LogP contribution in [0.25, 0.3) is 0 Å². The summed E-state index contributed by atoms with van der Waals surface area (Å²) in [5.41, 5.74) is -0.226. The lowest BCUT2D eigenvalue weighted by atomic mass is 10.2. The van der Waals surface area contributed by atoms with E-state index in [0.29, 0.717) is 18.4 Å². The van der Waals surface area contributed by atoms with Gasteiger partial charge in [-0.15, -0.1) is 0 Å². The third kappa shape index (κ3) is 4.18. The van der Waals surface area contributed by atoms with Gasteiger partial charge in [-0.05, 0) is 24.3 Å². The SMILES string of the molecule is O=Cc1ccc(OC(F)F)c(OCc2cc(F)c(F)cc2F)c1. The maximum Gasteiger partial charge on any atom is 0.387 e. The van der Waals surface area contributed by atoms with Crippen LogP contribution in [0.1, 0.15) is 15.9 Å². The summed E-state index contributed by atoms with van der Waals surface area (Å²) < 4.78 is 73.3. The Kier molecular flexibility index (Phi) is 5.15. The normalized spacial score (nSPS) is 10.7. The van der Waals surface area contributed by atoms with Crippen molar-refractivity contribution in [2.75, 3.05) is 0 Å². The van der Waals surface area contributed by atoms with E-state index in [4.69, 9.17) is 4.74 Å². The van der Waals surface area contributed by atoms with Crippen molar-refractivity contribution in [3.8, 4) is 11.5 Å². The monoisotopic (exact) mass is 332 g/mol. The molecule has 0 aliphatic rings. The molecular formula is C15H9F5O3. The molecule has 0 aromatic heterocycles. The number of halogens is 5. The van der Waals surface area contributed by atoms with Gasteiger partial charge in [-0.25, -0.2) is 13.2 Å². The molecule has 0 bridgehead atoms. The average molecular weight is 332 g/mol. The van der Waals surface area contributed by atoms with Crippen molar-refractivity contribution < 1.29 is 36.2 Å². The molecule has 8 heteroatoms. The van der Waals surface area contributed by atoms with Crippen LogP contribution >= 0.6 is 0 Å². The van der Waals surface area contributed by atoms with E-state index in [1.54, 1.807) is 0 Å². The Morgan fingerprint density at radius 2 is 1.65 bits per heavy atom. The molecule has 0 aliphatic carbocycles. The predicted octanol–water partition coefficient (Wildman–Crippen LogP) is 4.10. The van der Waals surface area contributed by atoms with Gasteiger partial charge in [0.05, 0.1) is 0 Å². The van der Waals surface area contributed by atoms with Crippen molar-refractivity contribution in [1.29, 1.82) is 0 Å². The molecular weight excluding hydrogens is 323 g/mol. The molecule has 0 saturated heterocycles. The third-order valence-electron chi connectivity index (χ3n) is 2.79. The van der Waals surface area contributed by atoms with Crippen LogP contribution in [0.15, 0.2) is 30.3 Å². The Morgan fingerprint density at radius 1 is 0.957 bits per heavy atom. The largest absolute Gasteiger partial charge is 0.485 e. The Bertz CT molecular complexity index is 718. The van der Waals surface area contributed by atoms with E-state index in [-0.39, 0.29) is 22.6 Å². The number of carbonyl (C=O) groups is 1. The van der Waals surface area contributed by atoms with Gasteiger partial charge >= 0.3 is 6.61 Å². The fourth-order valence-corrected chi connectivity index (χ4v) is 1.73. The third-order valence-corrected chi connectivity index (χ3v) is 2.79. The summed E-state index contributed by atoms with van der Waals surface area (Å²) in [6.45, 7) is -3.72. The van der Waals surface area contributed by atoms with Crippen LogP contribution in [-0.2, 0) is 6.61 Å². The molecule has 3 nitrogen and oxygen atoms in total. The van der Waals surface area contributed by atoms with Crippen molar-refractivity contribution >= 4 is 6.29 Å². The highest BCUT2D eigenvalue weighted by atomic mass is 19.3. The standard InChI is InChI=1S/C15H9F5O3/c16-10-5-12(18)11(17)4-9(10)7-22-14-3-8(6-21)1-2-13(14)23-15(19)20/h1-6,15H,7H2. The highest BCUT2D eigenvalue weighted by Gasteiger charge is 2.14. The first-order valence-corrected chi connectivity index (χ1v) is 6.21. The van der Waals surface area contributed by atoms with E-state index in [1.165, 1.54) is 6.07 Å². The minimum Gasteiger partial charge on any atom is -0.485 e. The molecule has 122 valence electrons. The minimum absolute atomic E-state index is 0.104. The maximum atomic E-state index is 13.5. The number of hydrogen-bond acceptors (Lipinski definition) is 3. The number of hydrogen-bond donors (Lipinski definition) is 0. The minimum atomic E-state index is -3.14. The molecule has 0 saturated carbocycles. The Labute approximate surface area is 127 Å². The molecule has 0 fully saturated rings. The van der Waals surface area contributed by atoms with Gasteiger partial charge in [-0.3, -0.25) is 4.79 Å². The lowest BCUT2D eigenvalue weighted by Crippen LogP contribution is -2.06. The molecule has 23 heavy (non-hydrogen) atoms. The van der Waals surface area contributed by atoms with Crippen LogP contribution in [-0.4, -0.2) is 12.9 Å². The van der Waals surface area contributed by atoms with Crippen LogP contribution in [0.5, 0.6) is 11.5 Å². The van der Waals surface area contributed by atoms with Crippen molar-refractivity contribution in [1.82, 2.24) is 0 Å². The zero-order valence-corrected chi connectivity index (χ0v) is 11.4. The second-order valence-electron chi connectivity index (χ2n) is 4.35. The molecule has 0 amide bonds. The number of benzene rings is 2. The van der Waals surface area contributed by atoms with Gasteiger partial charge in [-0.2, -0.15) is 8.78 Å². The lowest BCUT2D eigenvalue weighted by Gasteiger charge is -2.13. The topological polar surface area (TPSA) is 35.5 Å². The Hall–Kier alpha value is -2.64. The van der Waals surface area contributed by atoms with Crippen LogP contribution in [0, 0.1) is 17.5 Å². The summed E-state index contributed by atoms with van der Waals surface area (Å²) in [5, 5.41) is 0. The van der Waals surface area contributed by atoms with Crippen LogP contribution in [0.2, 0.25) is 0 Å². The van der Waals surface area contributed by atoms with Crippen molar-refractivity contribution in [2.45, 2.75) is 13.2 Å².